The van der Waals surface area contributed by atoms with Crippen LogP contribution < -0.4 is 16.0 Å². The number of aromatic amines is 1. The van der Waals surface area contributed by atoms with Gasteiger partial charge in [-0.3, -0.25) is 4.79 Å². The number of nitrogens with zero attached hydrogens (tertiary/aromatic N) is 3. The molecule has 0 spiro atoms. The average molecular weight is 452 g/mol. The molecule has 1 fully saturated rings. The Bertz CT molecular complexity index is 996. The van der Waals surface area contributed by atoms with E-state index in [0.29, 0.717) is 42.5 Å². The Hall–Kier alpha value is -2.95. The molecule has 0 saturated carbocycles. The molecule has 7 nitrogen and oxygen atoms in total. The highest BCUT2D eigenvalue weighted by Crippen LogP contribution is 2.38. The molecule has 172 valence electrons. The van der Waals surface area contributed by atoms with Crippen LogP contribution in [-0.4, -0.2) is 42.7 Å². The van der Waals surface area contributed by atoms with Gasteiger partial charge in [0.2, 0.25) is 0 Å². The maximum absolute atomic E-state index is 14.7. The summed E-state index contributed by atoms with van der Waals surface area (Å²) in [6.07, 6.45) is -1.61. The maximum atomic E-state index is 14.7. The Morgan fingerprint density at radius 3 is 2.66 bits per heavy atom. The predicted molar refractivity (Wildman–Crippen MR) is 111 cm³/mol. The average Bonchev–Trinajstić information content (AvgIpc) is 3.44. The van der Waals surface area contributed by atoms with Crippen LogP contribution in [0.5, 0.6) is 0 Å². The van der Waals surface area contributed by atoms with Crippen LogP contribution in [0.15, 0.2) is 40.7 Å². The molecule has 1 aromatic carbocycles. The van der Waals surface area contributed by atoms with Crippen molar-refractivity contribution in [1.29, 1.82) is 0 Å². The molecule has 4 N–H and O–H groups in total. The Balaban J connectivity index is 1.47. The summed E-state index contributed by atoms with van der Waals surface area (Å²) in [6.45, 7) is 1.85. The van der Waals surface area contributed by atoms with E-state index in [-0.39, 0.29) is 12.1 Å². The summed E-state index contributed by atoms with van der Waals surface area (Å²) in [5.74, 6) is -0.564. The number of azo groups is 1. The summed E-state index contributed by atoms with van der Waals surface area (Å²) in [5.41, 5.74) is 6.96. The first kappa shape index (κ1) is 22.3. The van der Waals surface area contributed by atoms with Crippen molar-refractivity contribution in [2.24, 2.45) is 21.9 Å². The molecule has 1 amide bonds. The Morgan fingerprint density at radius 1 is 1.25 bits per heavy atom. The molecule has 0 aliphatic carbocycles. The lowest BCUT2D eigenvalue weighted by Gasteiger charge is -2.34. The van der Waals surface area contributed by atoms with Crippen LogP contribution in [0.4, 0.5) is 28.9 Å². The van der Waals surface area contributed by atoms with E-state index in [1.165, 1.54) is 24.4 Å². The maximum Gasteiger partial charge on any atom is 0.412 e. The van der Waals surface area contributed by atoms with Gasteiger partial charge in [-0.15, -0.1) is 0 Å². The minimum Gasteiger partial charge on any atom is -0.367 e. The Labute approximate surface area is 182 Å². The molecule has 32 heavy (non-hydrogen) atoms. The lowest BCUT2D eigenvalue weighted by Crippen LogP contribution is -2.37. The second kappa shape index (κ2) is 8.89. The number of rotatable bonds is 5. The fraction of sp³-hybridized carbons (Fsp3) is 0.476. The van der Waals surface area contributed by atoms with Crippen LogP contribution in [0.3, 0.4) is 0 Å². The third-order valence-corrected chi connectivity index (χ3v) is 6.00. The highest BCUT2D eigenvalue weighted by molar-refractivity contribution is 6.05. The number of nitrogens with one attached hydrogen (secondary N) is 2. The first-order valence-corrected chi connectivity index (χ1v) is 10.5. The van der Waals surface area contributed by atoms with E-state index >= 15 is 0 Å². The summed E-state index contributed by atoms with van der Waals surface area (Å²) >= 11 is 0. The van der Waals surface area contributed by atoms with Crippen molar-refractivity contribution in [3.05, 3.63) is 47.5 Å². The van der Waals surface area contributed by atoms with E-state index in [2.05, 4.69) is 20.5 Å². The van der Waals surface area contributed by atoms with E-state index in [9.17, 15) is 22.4 Å². The number of aromatic nitrogens is 1. The number of para-hydroxylation sites is 1. The van der Waals surface area contributed by atoms with Gasteiger partial charge in [-0.2, -0.15) is 23.4 Å². The third-order valence-electron chi connectivity index (χ3n) is 6.00. The number of piperidine rings is 1. The molecule has 1 aromatic heterocycles. The van der Waals surface area contributed by atoms with E-state index in [4.69, 9.17) is 5.73 Å². The van der Waals surface area contributed by atoms with Crippen molar-refractivity contribution in [3.63, 3.8) is 0 Å². The molecule has 0 bridgehead atoms. The lowest BCUT2D eigenvalue weighted by molar-refractivity contribution is -0.146. The molecule has 4 rings (SSSR count). The largest absolute Gasteiger partial charge is 0.412 e. The van der Waals surface area contributed by atoms with Crippen LogP contribution in [0.1, 0.15) is 41.4 Å². The van der Waals surface area contributed by atoms with Crippen molar-refractivity contribution in [1.82, 2.24) is 4.98 Å². The van der Waals surface area contributed by atoms with Gasteiger partial charge in [0.1, 0.15) is 11.5 Å². The van der Waals surface area contributed by atoms with Gasteiger partial charge in [0.05, 0.1) is 17.4 Å². The number of nitrogens with two attached hydrogens (primary N) is 1. The molecule has 2 aromatic rings. The van der Waals surface area contributed by atoms with Crippen LogP contribution in [-0.2, 0) is 0 Å². The van der Waals surface area contributed by atoms with E-state index in [0.717, 1.165) is 12.8 Å². The molecule has 2 aliphatic rings. The highest BCUT2D eigenvalue weighted by atomic mass is 19.4. The highest BCUT2D eigenvalue weighted by Gasteiger charge is 2.44. The molecular formula is C21H24F4N6O. The molecule has 0 radical (unpaired) electrons. The topological polar surface area (TPSA) is 98.9 Å². The number of hydrogen-bond donors (Lipinski definition) is 3. The smallest absolute Gasteiger partial charge is 0.367 e. The summed E-state index contributed by atoms with van der Waals surface area (Å²) in [6, 6.07) is 3.32. The molecule has 2 atom stereocenters. The molecular weight excluding hydrogens is 428 g/mol. The zero-order chi connectivity index (χ0) is 22.9. The zero-order valence-electron chi connectivity index (χ0n) is 17.2. The number of H-pyrrole nitrogens is 1. The fourth-order valence-corrected chi connectivity index (χ4v) is 4.12. The van der Waals surface area contributed by atoms with Gasteiger partial charge < -0.3 is 20.9 Å². The number of carbonyl (C=O) groups excluding carboxylic acids is 1. The molecule has 2 aliphatic heterocycles. The Morgan fingerprint density at radius 2 is 2.00 bits per heavy atom. The van der Waals surface area contributed by atoms with Gasteiger partial charge in [-0.1, -0.05) is 6.07 Å². The summed E-state index contributed by atoms with van der Waals surface area (Å²) < 4.78 is 53.1. The van der Waals surface area contributed by atoms with Gasteiger partial charge in [-0.25, -0.2) is 4.39 Å². The minimum atomic E-state index is -4.44. The zero-order valence-corrected chi connectivity index (χ0v) is 17.2. The number of amides is 1. The van der Waals surface area contributed by atoms with Crippen LogP contribution >= 0.6 is 0 Å². The van der Waals surface area contributed by atoms with Gasteiger partial charge in [0.15, 0.2) is 6.04 Å². The normalized spacial score (nSPS) is 21.8. The van der Waals surface area contributed by atoms with Crippen molar-refractivity contribution >= 4 is 17.3 Å². The summed E-state index contributed by atoms with van der Waals surface area (Å²) in [4.78, 5) is 17.4. The van der Waals surface area contributed by atoms with Crippen LogP contribution in [0.25, 0.3) is 0 Å². The number of benzene rings is 1. The van der Waals surface area contributed by atoms with Crippen molar-refractivity contribution in [3.8, 4) is 0 Å². The van der Waals surface area contributed by atoms with Gasteiger partial charge >= 0.3 is 6.18 Å². The minimum absolute atomic E-state index is 0.141. The molecule has 11 heteroatoms. The number of anilines is 2. The number of hydrogen-bond acceptors (Lipinski definition) is 5. The van der Waals surface area contributed by atoms with Gasteiger partial charge in [0.25, 0.3) is 5.91 Å². The fourth-order valence-electron chi connectivity index (χ4n) is 4.12. The lowest BCUT2D eigenvalue weighted by atomic mass is 9.96. The second-order valence-electron chi connectivity index (χ2n) is 8.14. The number of carbonyl (C=O) groups is 1. The Kier molecular flexibility index (Phi) is 6.18. The predicted octanol–water partition coefficient (Wildman–Crippen LogP) is 4.41. The first-order valence-electron chi connectivity index (χ1n) is 10.5. The summed E-state index contributed by atoms with van der Waals surface area (Å²) in [5, 5.41) is 9.72. The standard InChI is InChI=1S/C21H24F4N6O/c22-14-2-1-3-15(19(14)31-6-4-12(10-26)5-7-31)28-20(32)17-8-13(11-27-17)16-9-18(30-29-16)21(23,24)25/h1-3,8,11-12,16,18,27H,4-7,9-10,26H2,(H,28,32). The van der Waals surface area contributed by atoms with Crippen molar-refractivity contribution in [2.75, 3.05) is 29.9 Å². The molecule has 3 heterocycles. The van der Waals surface area contributed by atoms with Gasteiger partial charge in [0, 0.05) is 25.7 Å². The van der Waals surface area contributed by atoms with Crippen molar-refractivity contribution < 1.29 is 22.4 Å². The SMILES string of the molecule is NCC1CCN(c2c(F)cccc2NC(=O)c2cc(C3CC(C(F)(F)F)N=N3)c[nH]2)CC1. The number of alkyl halides is 3. The van der Waals surface area contributed by atoms with Crippen molar-refractivity contribution in [2.45, 2.75) is 37.5 Å². The third kappa shape index (κ3) is 4.62. The second-order valence-corrected chi connectivity index (χ2v) is 8.14. The van der Waals surface area contributed by atoms with E-state index < -0.39 is 30.0 Å². The summed E-state index contributed by atoms with van der Waals surface area (Å²) in [7, 11) is 0. The monoisotopic (exact) mass is 452 g/mol. The molecule has 1 saturated heterocycles. The first-order chi connectivity index (χ1) is 15.3. The van der Waals surface area contributed by atoms with Crippen LogP contribution in [0, 0.1) is 11.7 Å². The van der Waals surface area contributed by atoms with E-state index in [1.807, 2.05) is 4.90 Å². The van der Waals surface area contributed by atoms with E-state index in [1.54, 1.807) is 6.07 Å². The van der Waals surface area contributed by atoms with Crippen LogP contribution in [0.2, 0.25) is 0 Å². The quantitative estimate of drug-likeness (QED) is 0.586. The van der Waals surface area contributed by atoms with Gasteiger partial charge in [-0.05, 0) is 49.1 Å². The number of halogens is 4. The molecule has 2 unspecified atom stereocenters.